The van der Waals surface area contributed by atoms with Gasteiger partial charge in [-0.1, -0.05) is 19.3 Å². The van der Waals surface area contributed by atoms with Gasteiger partial charge in [0.05, 0.1) is 5.69 Å². The van der Waals surface area contributed by atoms with Crippen molar-refractivity contribution in [2.45, 2.75) is 38.6 Å². The molecule has 1 aliphatic heterocycles. The molecule has 98 valence electrons. The summed E-state index contributed by atoms with van der Waals surface area (Å²) >= 11 is 1.68. The second kappa shape index (κ2) is 5.28. The molecule has 2 N–H and O–H groups in total. The Bertz CT molecular complexity index is 508. The van der Waals surface area contributed by atoms with Gasteiger partial charge in [-0.15, -0.1) is 11.3 Å². The molecule has 2 aromatic heterocycles. The Balaban J connectivity index is 1.93. The Morgan fingerprint density at radius 3 is 2.61 bits per heavy atom. The quantitative estimate of drug-likeness (QED) is 0.907. The van der Waals surface area contributed by atoms with Crippen molar-refractivity contribution in [3.8, 4) is 0 Å². The van der Waals surface area contributed by atoms with Gasteiger partial charge < -0.3 is 10.6 Å². The number of fused-ring (bicyclic) bond motifs is 1. The highest BCUT2D eigenvalue weighted by Crippen LogP contribution is 2.26. The van der Waals surface area contributed by atoms with Crippen LogP contribution in [0.2, 0.25) is 0 Å². The van der Waals surface area contributed by atoms with Crippen molar-refractivity contribution in [1.29, 1.82) is 0 Å². The summed E-state index contributed by atoms with van der Waals surface area (Å²) in [6.45, 7) is 2.80. The molecule has 0 saturated carbocycles. The van der Waals surface area contributed by atoms with Gasteiger partial charge in [0.15, 0.2) is 10.8 Å². The van der Waals surface area contributed by atoms with Gasteiger partial charge in [0.2, 0.25) is 0 Å². The van der Waals surface area contributed by atoms with Crippen LogP contribution in [0.25, 0.3) is 4.96 Å². The standard InChI is InChI=1S/C13H20N4S/c14-10-11-12(15-13-17(11)8-9-18-13)16-6-4-2-1-3-5-7-16/h8-9H,1-7,10,14H2. The zero-order valence-electron chi connectivity index (χ0n) is 10.6. The van der Waals surface area contributed by atoms with Gasteiger partial charge in [0.25, 0.3) is 0 Å². The smallest absolute Gasteiger partial charge is 0.195 e. The number of imidazole rings is 1. The Morgan fingerprint density at radius 1 is 1.17 bits per heavy atom. The largest absolute Gasteiger partial charge is 0.355 e. The minimum Gasteiger partial charge on any atom is -0.355 e. The van der Waals surface area contributed by atoms with Crippen LogP contribution in [0.4, 0.5) is 5.82 Å². The first-order valence-electron chi connectivity index (χ1n) is 6.79. The van der Waals surface area contributed by atoms with Crippen molar-refractivity contribution in [1.82, 2.24) is 9.38 Å². The van der Waals surface area contributed by atoms with Gasteiger partial charge in [0, 0.05) is 31.2 Å². The number of hydrogen-bond donors (Lipinski definition) is 1. The molecule has 4 nitrogen and oxygen atoms in total. The maximum atomic E-state index is 5.91. The molecule has 1 saturated heterocycles. The average molecular weight is 264 g/mol. The molecular formula is C13H20N4S. The molecule has 0 unspecified atom stereocenters. The van der Waals surface area contributed by atoms with Gasteiger partial charge in [-0.05, 0) is 12.8 Å². The minimum absolute atomic E-state index is 0.559. The summed E-state index contributed by atoms with van der Waals surface area (Å²) in [6.07, 6.45) is 8.69. The summed E-state index contributed by atoms with van der Waals surface area (Å²) in [4.78, 5) is 8.26. The van der Waals surface area contributed by atoms with Gasteiger partial charge in [-0.3, -0.25) is 4.40 Å². The third-order valence-electron chi connectivity index (χ3n) is 3.69. The lowest BCUT2D eigenvalue weighted by atomic mass is 10.1. The molecule has 0 radical (unpaired) electrons. The monoisotopic (exact) mass is 264 g/mol. The lowest BCUT2D eigenvalue weighted by Crippen LogP contribution is -2.28. The average Bonchev–Trinajstić information content (AvgIpc) is 2.88. The highest BCUT2D eigenvalue weighted by Gasteiger charge is 2.18. The second-order valence-corrected chi connectivity index (χ2v) is 5.77. The minimum atomic E-state index is 0.559. The number of nitrogens with zero attached hydrogens (tertiary/aromatic N) is 3. The number of aromatic nitrogens is 2. The third-order valence-corrected chi connectivity index (χ3v) is 4.45. The second-order valence-electron chi connectivity index (χ2n) is 4.90. The normalized spacial score (nSPS) is 17.9. The van der Waals surface area contributed by atoms with E-state index in [0.717, 1.165) is 29.6 Å². The van der Waals surface area contributed by atoms with Crippen LogP contribution in [0.3, 0.4) is 0 Å². The number of nitrogens with two attached hydrogens (primary N) is 1. The zero-order chi connectivity index (χ0) is 12.4. The van der Waals surface area contributed by atoms with Crippen LogP contribution in [-0.4, -0.2) is 22.5 Å². The maximum Gasteiger partial charge on any atom is 0.195 e. The Hall–Kier alpha value is -1.07. The van der Waals surface area contributed by atoms with Crippen LogP contribution in [0.5, 0.6) is 0 Å². The Kier molecular flexibility index (Phi) is 3.52. The lowest BCUT2D eigenvalue weighted by molar-refractivity contribution is 0.553. The van der Waals surface area contributed by atoms with E-state index in [4.69, 9.17) is 10.7 Å². The van der Waals surface area contributed by atoms with Crippen LogP contribution < -0.4 is 10.6 Å². The van der Waals surface area contributed by atoms with E-state index in [-0.39, 0.29) is 0 Å². The highest BCUT2D eigenvalue weighted by atomic mass is 32.1. The SMILES string of the molecule is NCc1c(N2CCCCCCC2)nc2sccn12. The van der Waals surface area contributed by atoms with Crippen LogP contribution in [0.15, 0.2) is 11.6 Å². The number of anilines is 1. The van der Waals surface area contributed by atoms with Crippen LogP contribution >= 0.6 is 11.3 Å². The molecule has 5 heteroatoms. The molecule has 3 heterocycles. The van der Waals surface area contributed by atoms with Gasteiger partial charge in [-0.25, -0.2) is 4.98 Å². The highest BCUT2D eigenvalue weighted by molar-refractivity contribution is 7.15. The summed E-state index contributed by atoms with van der Waals surface area (Å²) in [7, 11) is 0. The van der Waals surface area contributed by atoms with E-state index in [1.807, 2.05) is 0 Å². The van der Waals surface area contributed by atoms with Crippen molar-refractivity contribution in [2.24, 2.45) is 5.73 Å². The van der Waals surface area contributed by atoms with E-state index in [1.54, 1.807) is 11.3 Å². The molecular weight excluding hydrogens is 244 g/mol. The predicted octanol–water partition coefficient (Wildman–Crippen LogP) is 2.63. The van der Waals surface area contributed by atoms with E-state index in [0.29, 0.717) is 6.54 Å². The summed E-state index contributed by atoms with van der Waals surface area (Å²) in [5.41, 5.74) is 7.07. The fourth-order valence-corrected chi connectivity index (χ4v) is 3.45. The number of rotatable bonds is 2. The van der Waals surface area contributed by atoms with E-state index in [1.165, 1.54) is 32.1 Å². The van der Waals surface area contributed by atoms with Crippen molar-refractivity contribution in [2.75, 3.05) is 18.0 Å². The van der Waals surface area contributed by atoms with Crippen LogP contribution in [0, 0.1) is 0 Å². The van der Waals surface area contributed by atoms with Gasteiger partial charge in [-0.2, -0.15) is 0 Å². The third kappa shape index (κ3) is 2.12. The maximum absolute atomic E-state index is 5.91. The van der Waals surface area contributed by atoms with Crippen molar-refractivity contribution >= 4 is 22.1 Å². The van der Waals surface area contributed by atoms with Crippen LogP contribution in [-0.2, 0) is 6.54 Å². The molecule has 0 bridgehead atoms. The Morgan fingerprint density at radius 2 is 1.89 bits per heavy atom. The lowest BCUT2D eigenvalue weighted by Gasteiger charge is -2.25. The molecule has 0 atom stereocenters. The van der Waals surface area contributed by atoms with Crippen molar-refractivity contribution < 1.29 is 0 Å². The first-order valence-corrected chi connectivity index (χ1v) is 7.67. The topological polar surface area (TPSA) is 46.6 Å². The molecule has 3 rings (SSSR count). The summed E-state index contributed by atoms with van der Waals surface area (Å²) in [6, 6.07) is 0. The number of hydrogen-bond acceptors (Lipinski definition) is 4. The van der Waals surface area contributed by atoms with Gasteiger partial charge >= 0.3 is 0 Å². The predicted molar refractivity (Wildman–Crippen MR) is 76.3 cm³/mol. The molecule has 0 amide bonds. The van der Waals surface area contributed by atoms with E-state index in [9.17, 15) is 0 Å². The van der Waals surface area contributed by atoms with Gasteiger partial charge in [0.1, 0.15) is 0 Å². The fraction of sp³-hybridized carbons (Fsp3) is 0.615. The fourth-order valence-electron chi connectivity index (χ4n) is 2.72. The molecule has 1 fully saturated rings. The Labute approximate surface area is 111 Å². The molecule has 0 aliphatic carbocycles. The summed E-state index contributed by atoms with van der Waals surface area (Å²) in [5, 5.41) is 2.07. The number of thiazole rings is 1. The van der Waals surface area contributed by atoms with E-state index < -0.39 is 0 Å². The molecule has 1 aliphatic rings. The summed E-state index contributed by atoms with van der Waals surface area (Å²) in [5.74, 6) is 1.12. The van der Waals surface area contributed by atoms with Crippen LogP contribution in [0.1, 0.15) is 37.8 Å². The van der Waals surface area contributed by atoms with E-state index >= 15 is 0 Å². The molecule has 18 heavy (non-hydrogen) atoms. The molecule has 0 spiro atoms. The molecule has 2 aromatic rings. The first-order chi connectivity index (χ1) is 8.90. The van der Waals surface area contributed by atoms with Crippen molar-refractivity contribution in [3.63, 3.8) is 0 Å². The van der Waals surface area contributed by atoms with Crippen molar-refractivity contribution in [3.05, 3.63) is 17.3 Å². The zero-order valence-corrected chi connectivity index (χ0v) is 11.5. The van der Waals surface area contributed by atoms with E-state index in [2.05, 4.69) is 20.9 Å². The molecule has 0 aromatic carbocycles. The first kappa shape index (κ1) is 12.0. The summed E-state index contributed by atoms with van der Waals surface area (Å²) < 4.78 is 2.14.